The van der Waals surface area contributed by atoms with Crippen LogP contribution in [-0.2, 0) is 0 Å². The van der Waals surface area contributed by atoms with E-state index in [0.717, 1.165) is 37.8 Å². The number of hydrogen-bond donors (Lipinski definition) is 1. The smallest absolute Gasteiger partial charge is 0.335 e. The molecule has 0 heterocycles. The second kappa shape index (κ2) is 7.54. The first kappa shape index (κ1) is 17.9. The molecule has 3 rings (SSSR count). The van der Waals surface area contributed by atoms with Crippen LogP contribution in [0.5, 0.6) is 0 Å². The summed E-state index contributed by atoms with van der Waals surface area (Å²) in [4.78, 5) is 18.1. The van der Waals surface area contributed by atoms with Crippen molar-refractivity contribution >= 4 is 17.5 Å². The fourth-order valence-electron chi connectivity index (χ4n) is 3.77. The van der Waals surface area contributed by atoms with Gasteiger partial charge in [-0.2, -0.15) is 0 Å². The van der Waals surface area contributed by atoms with Crippen molar-refractivity contribution in [1.29, 1.82) is 0 Å². The van der Waals surface area contributed by atoms with E-state index in [9.17, 15) is 9.18 Å². The average Bonchev–Trinajstić information content (AvgIpc) is 3.28. The molecule has 0 amide bonds. The summed E-state index contributed by atoms with van der Waals surface area (Å²) in [5.41, 5.74) is 0.837. The van der Waals surface area contributed by atoms with Gasteiger partial charge in [0.25, 0.3) is 0 Å². The van der Waals surface area contributed by atoms with Crippen LogP contribution in [0.1, 0.15) is 61.4 Å². The number of halogens is 1. The van der Waals surface area contributed by atoms with Gasteiger partial charge in [0.15, 0.2) is 0 Å². The first-order valence-corrected chi connectivity index (χ1v) is 9.36. The van der Waals surface area contributed by atoms with Crippen LogP contribution in [0.3, 0.4) is 0 Å². The fourth-order valence-corrected chi connectivity index (χ4v) is 3.77. The van der Waals surface area contributed by atoms with Gasteiger partial charge >= 0.3 is 5.97 Å². The van der Waals surface area contributed by atoms with Gasteiger partial charge in [-0.05, 0) is 63.1 Å². The van der Waals surface area contributed by atoms with Crippen molar-refractivity contribution in [2.45, 2.75) is 52.4 Å². The Morgan fingerprint density at radius 1 is 1.28 bits per heavy atom. The number of carboxylic acid groups (broad SMARTS) is 1. The SMILES string of the molecule is CCN(CC1CCCC1)C(=Nc1c(C)cc(C(=O)O)cc1F)C1CC1. The zero-order valence-electron chi connectivity index (χ0n) is 15.1. The molecule has 1 aromatic rings. The topological polar surface area (TPSA) is 52.9 Å². The summed E-state index contributed by atoms with van der Waals surface area (Å²) in [6, 6.07) is 2.58. The number of benzene rings is 1. The highest BCUT2D eigenvalue weighted by molar-refractivity contribution is 5.91. The maximum absolute atomic E-state index is 14.5. The molecule has 5 heteroatoms. The molecule has 2 fully saturated rings. The predicted molar refractivity (Wildman–Crippen MR) is 97.1 cm³/mol. The molecule has 25 heavy (non-hydrogen) atoms. The Labute approximate surface area is 148 Å². The molecule has 0 aromatic heterocycles. The van der Waals surface area contributed by atoms with E-state index >= 15 is 0 Å². The van der Waals surface area contributed by atoms with Gasteiger partial charge in [-0.3, -0.25) is 0 Å². The Morgan fingerprint density at radius 3 is 2.48 bits per heavy atom. The van der Waals surface area contributed by atoms with Gasteiger partial charge in [-0.1, -0.05) is 12.8 Å². The lowest BCUT2D eigenvalue weighted by molar-refractivity contribution is 0.0696. The lowest BCUT2D eigenvalue weighted by Crippen LogP contribution is -2.36. The molecule has 136 valence electrons. The molecular formula is C20H27FN2O2. The van der Waals surface area contributed by atoms with Crippen molar-refractivity contribution in [1.82, 2.24) is 4.90 Å². The molecule has 0 saturated heterocycles. The largest absolute Gasteiger partial charge is 0.478 e. The number of aryl methyl sites for hydroxylation is 1. The van der Waals surface area contributed by atoms with Gasteiger partial charge in [-0.15, -0.1) is 0 Å². The Morgan fingerprint density at radius 2 is 1.96 bits per heavy atom. The highest BCUT2D eigenvalue weighted by Gasteiger charge is 2.32. The lowest BCUT2D eigenvalue weighted by Gasteiger charge is -2.28. The number of hydrogen-bond acceptors (Lipinski definition) is 2. The molecule has 1 aromatic carbocycles. The molecule has 2 saturated carbocycles. The molecule has 0 radical (unpaired) electrons. The summed E-state index contributed by atoms with van der Waals surface area (Å²) in [6.07, 6.45) is 7.37. The standard InChI is InChI=1S/C20H27FN2O2/c1-3-23(12-14-6-4-5-7-14)19(15-8-9-15)22-18-13(2)10-16(20(24)25)11-17(18)21/h10-11,14-15H,3-9,12H2,1-2H3,(H,24,25). The number of amidine groups is 1. The van der Waals surface area contributed by atoms with Crippen LogP contribution in [0.2, 0.25) is 0 Å². The number of carbonyl (C=O) groups is 1. The molecular weight excluding hydrogens is 319 g/mol. The normalized spacial score (nSPS) is 18.6. The van der Waals surface area contributed by atoms with Gasteiger partial charge in [0.2, 0.25) is 0 Å². The van der Waals surface area contributed by atoms with E-state index in [1.54, 1.807) is 6.92 Å². The summed E-state index contributed by atoms with van der Waals surface area (Å²) in [5.74, 6) is 0.451. The van der Waals surface area contributed by atoms with Crippen LogP contribution < -0.4 is 0 Å². The van der Waals surface area contributed by atoms with Crippen LogP contribution in [0.15, 0.2) is 17.1 Å². The summed E-state index contributed by atoms with van der Waals surface area (Å²) >= 11 is 0. The summed E-state index contributed by atoms with van der Waals surface area (Å²) in [5, 5.41) is 9.08. The number of aromatic carboxylic acids is 1. The average molecular weight is 346 g/mol. The molecule has 0 bridgehead atoms. The van der Waals surface area contributed by atoms with E-state index < -0.39 is 11.8 Å². The summed E-state index contributed by atoms with van der Waals surface area (Å²) in [7, 11) is 0. The maximum atomic E-state index is 14.5. The quantitative estimate of drug-likeness (QED) is 0.595. The third-order valence-corrected chi connectivity index (χ3v) is 5.33. The molecule has 0 atom stereocenters. The van der Waals surface area contributed by atoms with E-state index in [2.05, 4.69) is 11.8 Å². The van der Waals surface area contributed by atoms with E-state index in [1.807, 2.05) is 0 Å². The van der Waals surface area contributed by atoms with E-state index in [0.29, 0.717) is 17.4 Å². The Hall–Kier alpha value is -1.91. The van der Waals surface area contributed by atoms with Crippen molar-refractivity contribution in [2.75, 3.05) is 13.1 Å². The number of aliphatic imine (C=N–C) groups is 1. The lowest BCUT2D eigenvalue weighted by atomic mass is 10.1. The van der Waals surface area contributed by atoms with E-state index in [4.69, 9.17) is 10.1 Å². The minimum absolute atomic E-state index is 0.0276. The molecule has 0 aliphatic heterocycles. The van der Waals surface area contributed by atoms with Crippen molar-refractivity contribution in [3.8, 4) is 0 Å². The third-order valence-electron chi connectivity index (χ3n) is 5.33. The first-order chi connectivity index (χ1) is 12.0. The second-order valence-corrected chi connectivity index (χ2v) is 7.36. The van der Waals surface area contributed by atoms with Crippen LogP contribution in [-0.4, -0.2) is 34.9 Å². The van der Waals surface area contributed by atoms with Gasteiger partial charge in [-0.25, -0.2) is 14.2 Å². The second-order valence-electron chi connectivity index (χ2n) is 7.36. The highest BCUT2D eigenvalue weighted by atomic mass is 19.1. The van der Waals surface area contributed by atoms with Crippen LogP contribution >= 0.6 is 0 Å². The van der Waals surface area contributed by atoms with Gasteiger partial charge in [0, 0.05) is 19.0 Å². The Kier molecular flexibility index (Phi) is 5.40. The van der Waals surface area contributed by atoms with E-state index in [1.165, 1.54) is 31.7 Å². The maximum Gasteiger partial charge on any atom is 0.335 e. The van der Waals surface area contributed by atoms with Crippen molar-refractivity contribution in [3.05, 3.63) is 29.1 Å². The van der Waals surface area contributed by atoms with Crippen molar-refractivity contribution in [3.63, 3.8) is 0 Å². The first-order valence-electron chi connectivity index (χ1n) is 9.36. The third kappa shape index (κ3) is 4.20. The molecule has 4 nitrogen and oxygen atoms in total. The Balaban J connectivity index is 1.90. The summed E-state index contributed by atoms with van der Waals surface area (Å²) < 4.78 is 14.5. The molecule has 0 spiro atoms. The number of nitrogens with zero attached hydrogens (tertiary/aromatic N) is 2. The summed E-state index contributed by atoms with van der Waals surface area (Å²) in [6.45, 7) is 5.73. The number of carboxylic acids is 1. The molecule has 2 aliphatic rings. The van der Waals surface area contributed by atoms with Gasteiger partial charge in [0.05, 0.1) is 5.56 Å². The molecule has 2 aliphatic carbocycles. The minimum Gasteiger partial charge on any atom is -0.478 e. The fraction of sp³-hybridized carbons (Fsp3) is 0.600. The van der Waals surface area contributed by atoms with Crippen molar-refractivity contribution < 1.29 is 14.3 Å². The monoisotopic (exact) mass is 346 g/mol. The molecule has 1 N–H and O–H groups in total. The highest BCUT2D eigenvalue weighted by Crippen LogP contribution is 2.36. The predicted octanol–water partition coefficient (Wildman–Crippen LogP) is 4.78. The van der Waals surface area contributed by atoms with Crippen molar-refractivity contribution in [2.24, 2.45) is 16.8 Å². The minimum atomic E-state index is -1.11. The van der Waals surface area contributed by atoms with E-state index in [-0.39, 0.29) is 11.3 Å². The molecule has 0 unspecified atom stereocenters. The zero-order valence-corrected chi connectivity index (χ0v) is 15.1. The van der Waals surface area contributed by atoms with Gasteiger partial charge < -0.3 is 10.0 Å². The van der Waals surface area contributed by atoms with Gasteiger partial charge in [0.1, 0.15) is 17.3 Å². The zero-order chi connectivity index (χ0) is 18.0. The Bertz CT molecular complexity index is 653. The number of rotatable bonds is 6. The van der Waals surface area contributed by atoms with Crippen LogP contribution in [0, 0.1) is 24.6 Å². The van der Waals surface area contributed by atoms with Crippen LogP contribution in [0.25, 0.3) is 0 Å². The van der Waals surface area contributed by atoms with Crippen LogP contribution in [0.4, 0.5) is 10.1 Å².